The van der Waals surface area contributed by atoms with E-state index in [1.165, 1.54) is 19.4 Å². The van der Waals surface area contributed by atoms with Gasteiger partial charge < -0.3 is 10.1 Å². The topological polar surface area (TPSA) is 21.3 Å². The summed E-state index contributed by atoms with van der Waals surface area (Å²) in [6.07, 6.45) is 3.79. The Morgan fingerprint density at radius 1 is 1.38 bits per heavy atom. The number of hydrogen-bond donors (Lipinski definition) is 1. The average Bonchev–Trinajstić information content (AvgIpc) is 2.33. The molecule has 0 amide bonds. The minimum atomic E-state index is 0.788. The lowest BCUT2D eigenvalue weighted by Gasteiger charge is -2.22. The molecule has 16 heavy (non-hydrogen) atoms. The Bertz CT molecular complexity index is 323. The molecule has 0 saturated carbocycles. The SMILES string of the molecule is Brc1ccccc1OCCC1CCCNC1. The second kappa shape index (κ2) is 6.26. The van der Waals surface area contributed by atoms with Gasteiger partial charge in [0.2, 0.25) is 0 Å². The number of ether oxygens (including phenoxy) is 1. The van der Waals surface area contributed by atoms with E-state index in [2.05, 4.69) is 21.2 Å². The zero-order valence-electron chi connectivity index (χ0n) is 9.42. The van der Waals surface area contributed by atoms with Gasteiger partial charge in [-0.3, -0.25) is 0 Å². The largest absolute Gasteiger partial charge is 0.492 e. The predicted octanol–water partition coefficient (Wildman–Crippen LogP) is 3.22. The number of rotatable bonds is 4. The first-order valence-electron chi connectivity index (χ1n) is 5.94. The van der Waals surface area contributed by atoms with E-state index in [9.17, 15) is 0 Å². The monoisotopic (exact) mass is 283 g/mol. The predicted molar refractivity (Wildman–Crippen MR) is 69.8 cm³/mol. The van der Waals surface area contributed by atoms with Crippen LogP contribution in [0.3, 0.4) is 0 Å². The number of para-hydroxylation sites is 1. The van der Waals surface area contributed by atoms with E-state index < -0.39 is 0 Å². The van der Waals surface area contributed by atoms with Crippen LogP contribution in [0.2, 0.25) is 0 Å². The van der Waals surface area contributed by atoms with Crippen molar-refractivity contribution < 1.29 is 4.74 Å². The lowest BCUT2D eigenvalue weighted by molar-refractivity contribution is 0.253. The Morgan fingerprint density at radius 2 is 2.25 bits per heavy atom. The molecule has 1 fully saturated rings. The first-order valence-corrected chi connectivity index (χ1v) is 6.73. The molecule has 2 rings (SSSR count). The standard InChI is InChI=1S/C13H18BrNO/c14-12-5-1-2-6-13(12)16-9-7-11-4-3-8-15-10-11/h1-2,5-6,11,15H,3-4,7-10H2. The van der Waals surface area contributed by atoms with E-state index in [-0.39, 0.29) is 0 Å². The third-order valence-corrected chi connectivity index (χ3v) is 3.67. The smallest absolute Gasteiger partial charge is 0.133 e. The van der Waals surface area contributed by atoms with E-state index in [0.29, 0.717) is 0 Å². The van der Waals surface area contributed by atoms with Crippen LogP contribution in [-0.2, 0) is 0 Å². The molecule has 88 valence electrons. The molecule has 0 spiro atoms. The maximum Gasteiger partial charge on any atom is 0.133 e. The minimum absolute atomic E-state index is 0.788. The van der Waals surface area contributed by atoms with Gasteiger partial charge in [-0.1, -0.05) is 12.1 Å². The van der Waals surface area contributed by atoms with Crippen LogP contribution in [0, 0.1) is 5.92 Å². The molecule has 1 aliphatic heterocycles. The quantitative estimate of drug-likeness (QED) is 0.916. The Balaban J connectivity index is 1.73. The van der Waals surface area contributed by atoms with Crippen molar-refractivity contribution >= 4 is 15.9 Å². The van der Waals surface area contributed by atoms with E-state index in [1.54, 1.807) is 0 Å². The van der Waals surface area contributed by atoms with E-state index in [0.717, 1.165) is 35.7 Å². The van der Waals surface area contributed by atoms with Crippen LogP contribution in [0.15, 0.2) is 28.7 Å². The van der Waals surface area contributed by atoms with Crippen LogP contribution in [0.1, 0.15) is 19.3 Å². The summed E-state index contributed by atoms with van der Waals surface area (Å²) in [6.45, 7) is 3.15. The lowest BCUT2D eigenvalue weighted by atomic mass is 9.97. The number of nitrogens with one attached hydrogen (secondary N) is 1. The lowest BCUT2D eigenvalue weighted by Crippen LogP contribution is -2.30. The summed E-state index contributed by atoms with van der Waals surface area (Å²) >= 11 is 3.49. The van der Waals surface area contributed by atoms with Gasteiger partial charge in [0.25, 0.3) is 0 Å². The van der Waals surface area contributed by atoms with Crippen LogP contribution in [0.25, 0.3) is 0 Å². The molecule has 1 aromatic rings. The highest BCUT2D eigenvalue weighted by Crippen LogP contribution is 2.24. The van der Waals surface area contributed by atoms with Crippen molar-refractivity contribution in [3.05, 3.63) is 28.7 Å². The zero-order valence-corrected chi connectivity index (χ0v) is 11.0. The van der Waals surface area contributed by atoms with Crippen LogP contribution in [0.5, 0.6) is 5.75 Å². The van der Waals surface area contributed by atoms with E-state index >= 15 is 0 Å². The molecule has 2 nitrogen and oxygen atoms in total. The normalized spacial score (nSPS) is 20.7. The molecule has 1 aliphatic rings. The fourth-order valence-corrected chi connectivity index (χ4v) is 2.47. The van der Waals surface area contributed by atoms with Crippen molar-refractivity contribution in [2.24, 2.45) is 5.92 Å². The molecule has 0 radical (unpaired) electrons. The highest BCUT2D eigenvalue weighted by Gasteiger charge is 2.12. The molecular weight excluding hydrogens is 266 g/mol. The minimum Gasteiger partial charge on any atom is -0.492 e. The summed E-state index contributed by atoms with van der Waals surface area (Å²) < 4.78 is 6.80. The van der Waals surface area contributed by atoms with Gasteiger partial charge >= 0.3 is 0 Å². The van der Waals surface area contributed by atoms with Crippen LogP contribution in [0.4, 0.5) is 0 Å². The molecule has 0 aromatic heterocycles. The third-order valence-electron chi connectivity index (χ3n) is 3.02. The van der Waals surface area contributed by atoms with Crippen molar-refractivity contribution in [1.29, 1.82) is 0 Å². The second-order valence-electron chi connectivity index (χ2n) is 4.28. The van der Waals surface area contributed by atoms with Crippen molar-refractivity contribution in [3.8, 4) is 5.75 Å². The maximum atomic E-state index is 5.76. The zero-order chi connectivity index (χ0) is 11.2. The Hall–Kier alpha value is -0.540. The molecular formula is C13H18BrNO. The highest BCUT2D eigenvalue weighted by molar-refractivity contribution is 9.10. The van der Waals surface area contributed by atoms with Gasteiger partial charge in [-0.2, -0.15) is 0 Å². The van der Waals surface area contributed by atoms with Crippen molar-refractivity contribution in [2.75, 3.05) is 19.7 Å². The second-order valence-corrected chi connectivity index (χ2v) is 5.13. The Labute approximate surface area is 106 Å². The summed E-state index contributed by atoms with van der Waals surface area (Å²) in [7, 11) is 0. The molecule has 1 unspecified atom stereocenters. The van der Waals surface area contributed by atoms with Gasteiger partial charge in [0, 0.05) is 0 Å². The third kappa shape index (κ3) is 3.49. The number of hydrogen-bond acceptors (Lipinski definition) is 2. The average molecular weight is 284 g/mol. The van der Waals surface area contributed by atoms with E-state index in [1.807, 2.05) is 24.3 Å². The number of halogens is 1. The van der Waals surface area contributed by atoms with Gasteiger partial charge in [0.15, 0.2) is 0 Å². The molecule has 1 aromatic carbocycles. The number of benzene rings is 1. The summed E-state index contributed by atoms with van der Waals surface area (Å²) in [4.78, 5) is 0. The van der Waals surface area contributed by atoms with Crippen LogP contribution >= 0.6 is 15.9 Å². The van der Waals surface area contributed by atoms with Gasteiger partial charge in [0.05, 0.1) is 11.1 Å². The summed E-state index contributed by atoms with van der Waals surface area (Å²) in [6, 6.07) is 8.02. The Morgan fingerprint density at radius 3 is 3.00 bits per heavy atom. The summed E-state index contributed by atoms with van der Waals surface area (Å²) in [5, 5.41) is 3.43. The van der Waals surface area contributed by atoms with Gasteiger partial charge in [0.1, 0.15) is 5.75 Å². The van der Waals surface area contributed by atoms with Crippen molar-refractivity contribution in [2.45, 2.75) is 19.3 Å². The molecule has 1 atom stereocenters. The van der Waals surface area contributed by atoms with Crippen LogP contribution in [-0.4, -0.2) is 19.7 Å². The van der Waals surface area contributed by atoms with Crippen molar-refractivity contribution in [1.82, 2.24) is 5.32 Å². The number of piperidine rings is 1. The maximum absolute atomic E-state index is 5.76. The Kier molecular flexibility index (Phi) is 4.67. The van der Waals surface area contributed by atoms with Crippen molar-refractivity contribution in [3.63, 3.8) is 0 Å². The molecule has 1 heterocycles. The molecule has 0 bridgehead atoms. The molecule has 3 heteroatoms. The highest BCUT2D eigenvalue weighted by atomic mass is 79.9. The first-order chi connectivity index (χ1) is 7.86. The summed E-state index contributed by atoms with van der Waals surface area (Å²) in [5.41, 5.74) is 0. The molecule has 1 saturated heterocycles. The molecule has 1 N–H and O–H groups in total. The van der Waals surface area contributed by atoms with Gasteiger partial charge in [-0.25, -0.2) is 0 Å². The van der Waals surface area contributed by atoms with Gasteiger partial charge in [-0.15, -0.1) is 0 Å². The summed E-state index contributed by atoms with van der Waals surface area (Å²) in [5.74, 6) is 1.74. The van der Waals surface area contributed by atoms with E-state index in [4.69, 9.17) is 4.74 Å². The van der Waals surface area contributed by atoms with Crippen LogP contribution < -0.4 is 10.1 Å². The first kappa shape index (κ1) is 11.9. The fourth-order valence-electron chi connectivity index (χ4n) is 2.07. The van der Waals surface area contributed by atoms with Gasteiger partial charge in [-0.05, 0) is 66.3 Å². The molecule has 0 aliphatic carbocycles. The fraction of sp³-hybridized carbons (Fsp3) is 0.538.